The molecule has 2 aromatic rings. The molecule has 0 spiro atoms. The normalized spacial score (nSPS) is 15.1. The summed E-state index contributed by atoms with van der Waals surface area (Å²) in [6.07, 6.45) is -4.43. The van der Waals surface area contributed by atoms with Crippen LogP contribution in [0.15, 0.2) is 34.9 Å². The highest BCUT2D eigenvalue weighted by molar-refractivity contribution is 5.91. The quantitative estimate of drug-likeness (QED) is 0.738. The van der Waals surface area contributed by atoms with Gasteiger partial charge in [0.1, 0.15) is 5.76 Å². The maximum absolute atomic E-state index is 12.8. The number of amides is 2. The average molecular weight is 425 g/mol. The summed E-state index contributed by atoms with van der Waals surface area (Å²) in [6, 6.07) is 6.34. The van der Waals surface area contributed by atoms with Crippen LogP contribution in [-0.4, -0.2) is 66.0 Å². The van der Waals surface area contributed by atoms with Crippen LogP contribution in [-0.2, 0) is 15.8 Å². The SMILES string of the molecule is Cc1cc(NC(=O)CN2CCN(C(=O)CNc3cccc(C(F)(F)F)c3)CC2)no1. The van der Waals surface area contributed by atoms with Crippen molar-refractivity contribution in [2.45, 2.75) is 13.1 Å². The van der Waals surface area contributed by atoms with Gasteiger partial charge >= 0.3 is 6.18 Å². The predicted octanol–water partition coefficient (Wildman–Crippen LogP) is 2.20. The topological polar surface area (TPSA) is 90.7 Å². The van der Waals surface area contributed by atoms with Gasteiger partial charge in [0.15, 0.2) is 5.82 Å². The molecule has 8 nitrogen and oxygen atoms in total. The van der Waals surface area contributed by atoms with Crippen molar-refractivity contribution >= 4 is 23.3 Å². The lowest BCUT2D eigenvalue weighted by Crippen LogP contribution is -2.51. The zero-order chi connectivity index (χ0) is 21.7. The molecule has 0 radical (unpaired) electrons. The van der Waals surface area contributed by atoms with Crippen molar-refractivity contribution in [3.05, 3.63) is 41.7 Å². The molecule has 0 unspecified atom stereocenters. The lowest BCUT2D eigenvalue weighted by Gasteiger charge is -2.34. The summed E-state index contributed by atoms with van der Waals surface area (Å²) < 4.78 is 43.2. The van der Waals surface area contributed by atoms with E-state index in [9.17, 15) is 22.8 Å². The Morgan fingerprint density at radius 1 is 1.17 bits per heavy atom. The van der Waals surface area contributed by atoms with E-state index in [1.807, 2.05) is 4.90 Å². The van der Waals surface area contributed by atoms with E-state index < -0.39 is 11.7 Å². The Morgan fingerprint density at radius 3 is 2.53 bits per heavy atom. The van der Waals surface area contributed by atoms with E-state index in [1.165, 1.54) is 12.1 Å². The summed E-state index contributed by atoms with van der Waals surface area (Å²) in [5.74, 6) is 0.507. The summed E-state index contributed by atoms with van der Waals surface area (Å²) in [5, 5.41) is 9.08. The number of halogens is 3. The summed E-state index contributed by atoms with van der Waals surface area (Å²) in [7, 11) is 0. The molecule has 1 aromatic heterocycles. The molecule has 1 saturated heterocycles. The van der Waals surface area contributed by atoms with E-state index in [-0.39, 0.29) is 30.6 Å². The molecule has 162 valence electrons. The molecule has 3 rings (SSSR count). The van der Waals surface area contributed by atoms with E-state index in [2.05, 4.69) is 15.8 Å². The van der Waals surface area contributed by atoms with Crippen molar-refractivity contribution in [2.75, 3.05) is 49.9 Å². The van der Waals surface area contributed by atoms with Crippen molar-refractivity contribution in [1.82, 2.24) is 15.0 Å². The van der Waals surface area contributed by atoms with E-state index >= 15 is 0 Å². The number of rotatable bonds is 6. The van der Waals surface area contributed by atoms with Crippen LogP contribution >= 0.6 is 0 Å². The minimum absolute atomic E-state index is 0.104. The molecule has 1 aromatic carbocycles. The van der Waals surface area contributed by atoms with Crippen LogP contribution in [0.3, 0.4) is 0 Å². The number of hydrogen-bond acceptors (Lipinski definition) is 6. The Kier molecular flexibility index (Phi) is 6.60. The third-order valence-electron chi connectivity index (χ3n) is 4.62. The Hall–Kier alpha value is -3.08. The van der Waals surface area contributed by atoms with Crippen LogP contribution < -0.4 is 10.6 Å². The second kappa shape index (κ2) is 9.16. The first-order valence-electron chi connectivity index (χ1n) is 9.35. The number of carbonyl (C=O) groups excluding carboxylic acids is 2. The third kappa shape index (κ3) is 5.96. The molecular formula is C19H22F3N5O3. The van der Waals surface area contributed by atoms with Crippen molar-refractivity contribution in [1.29, 1.82) is 0 Å². The van der Waals surface area contributed by atoms with Crippen molar-refractivity contribution < 1.29 is 27.3 Å². The van der Waals surface area contributed by atoms with Crippen LogP contribution in [0.4, 0.5) is 24.7 Å². The molecule has 11 heteroatoms. The third-order valence-corrected chi connectivity index (χ3v) is 4.62. The van der Waals surface area contributed by atoms with E-state index in [1.54, 1.807) is 17.9 Å². The number of aryl methyl sites for hydroxylation is 1. The van der Waals surface area contributed by atoms with Gasteiger partial charge in [-0.25, -0.2) is 0 Å². The molecule has 2 N–H and O–H groups in total. The first-order chi connectivity index (χ1) is 14.2. The fourth-order valence-electron chi connectivity index (χ4n) is 3.06. The first kappa shape index (κ1) is 21.6. The molecule has 1 aliphatic rings. The highest BCUT2D eigenvalue weighted by atomic mass is 19.4. The number of carbonyl (C=O) groups is 2. The van der Waals surface area contributed by atoms with Crippen molar-refractivity contribution in [2.24, 2.45) is 0 Å². The van der Waals surface area contributed by atoms with Gasteiger partial charge in [-0.15, -0.1) is 0 Å². The number of hydrogen-bond donors (Lipinski definition) is 2. The molecule has 30 heavy (non-hydrogen) atoms. The van der Waals surface area contributed by atoms with Crippen LogP contribution in [0.5, 0.6) is 0 Å². The molecule has 0 atom stereocenters. The summed E-state index contributed by atoms with van der Waals surface area (Å²) in [4.78, 5) is 27.9. The maximum Gasteiger partial charge on any atom is 0.416 e. The van der Waals surface area contributed by atoms with Crippen molar-refractivity contribution in [3.8, 4) is 0 Å². The van der Waals surface area contributed by atoms with Crippen LogP contribution in [0.2, 0.25) is 0 Å². The Morgan fingerprint density at radius 2 is 1.90 bits per heavy atom. The summed E-state index contributed by atoms with van der Waals surface area (Å²) in [5.41, 5.74) is -0.538. The second-order valence-electron chi connectivity index (χ2n) is 6.96. The van der Waals surface area contributed by atoms with Gasteiger partial charge in [0, 0.05) is 37.9 Å². The number of piperazine rings is 1. The fourth-order valence-corrected chi connectivity index (χ4v) is 3.06. The van der Waals surface area contributed by atoms with Crippen molar-refractivity contribution in [3.63, 3.8) is 0 Å². The van der Waals surface area contributed by atoms with Gasteiger partial charge in [-0.2, -0.15) is 13.2 Å². The van der Waals surface area contributed by atoms with Crippen LogP contribution in [0.1, 0.15) is 11.3 Å². The zero-order valence-electron chi connectivity index (χ0n) is 16.3. The molecule has 0 saturated carbocycles. The zero-order valence-corrected chi connectivity index (χ0v) is 16.3. The number of anilines is 2. The van der Waals surface area contributed by atoms with E-state index in [4.69, 9.17) is 4.52 Å². The highest BCUT2D eigenvalue weighted by Crippen LogP contribution is 2.30. The minimum Gasteiger partial charge on any atom is -0.376 e. The van der Waals surface area contributed by atoms with Gasteiger partial charge in [-0.05, 0) is 25.1 Å². The van der Waals surface area contributed by atoms with Gasteiger partial charge in [-0.1, -0.05) is 11.2 Å². The van der Waals surface area contributed by atoms with Gasteiger partial charge in [0.05, 0.1) is 18.7 Å². The Labute approximate surface area is 171 Å². The minimum atomic E-state index is -4.43. The predicted molar refractivity (Wildman–Crippen MR) is 103 cm³/mol. The maximum atomic E-state index is 12.8. The number of nitrogens with one attached hydrogen (secondary N) is 2. The molecule has 2 heterocycles. The molecule has 1 fully saturated rings. The number of nitrogens with zero attached hydrogens (tertiary/aromatic N) is 3. The van der Waals surface area contributed by atoms with Gasteiger partial charge in [-0.3, -0.25) is 14.5 Å². The largest absolute Gasteiger partial charge is 0.416 e. The second-order valence-corrected chi connectivity index (χ2v) is 6.96. The highest BCUT2D eigenvalue weighted by Gasteiger charge is 2.30. The van der Waals surface area contributed by atoms with Crippen LogP contribution in [0, 0.1) is 6.92 Å². The lowest BCUT2D eigenvalue weighted by atomic mass is 10.2. The monoisotopic (exact) mass is 425 g/mol. The Bertz CT molecular complexity index is 892. The standard InChI is InChI=1S/C19H22F3N5O3/c1-13-9-16(25-30-13)24-17(28)12-26-5-7-27(8-6-26)18(29)11-23-15-4-2-3-14(10-15)19(20,21)22/h2-4,9-10,23H,5-8,11-12H2,1H3,(H,24,25,28). The lowest BCUT2D eigenvalue weighted by molar-refractivity contribution is -0.137. The van der Waals surface area contributed by atoms with Gasteiger partial charge in [0.25, 0.3) is 0 Å². The van der Waals surface area contributed by atoms with Crippen LogP contribution in [0.25, 0.3) is 0 Å². The first-order valence-corrected chi connectivity index (χ1v) is 9.35. The molecule has 2 amide bonds. The summed E-state index contributed by atoms with van der Waals surface area (Å²) in [6.45, 7) is 3.67. The number of benzene rings is 1. The molecule has 0 aliphatic carbocycles. The van der Waals surface area contributed by atoms with Gasteiger partial charge < -0.3 is 20.1 Å². The number of aromatic nitrogens is 1. The van der Waals surface area contributed by atoms with E-state index in [0.717, 1.165) is 12.1 Å². The smallest absolute Gasteiger partial charge is 0.376 e. The number of alkyl halides is 3. The molecule has 0 bridgehead atoms. The van der Waals surface area contributed by atoms with Gasteiger partial charge in [0.2, 0.25) is 11.8 Å². The summed E-state index contributed by atoms with van der Waals surface area (Å²) >= 11 is 0. The molecule has 1 aliphatic heterocycles. The molecular weight excluding hydrogens is 403 g/mol. The Balaban J connectivity index is 1.41. The average Bonchev–Trinajstić information content (AvgIpc) is 3.10. The van der Waals surface area contributed by atoms with E-state index in [0.29, 0.717) is 37.8 Å². The fraction of sp³-hybridized carbons (Fsp3) is 0.421.